The maximum absolute atomic E-state index is 13.4. The van der Waals surface area contributed by atoms with Crippen LogP contribution in [-0.2, 0) is 6.54 Å². The highest BCUT2D eigenvalue weighted by Crippen LogP contribution is 2.34. The van der Waals surface area contributed by atoms with E-state index in [1.54, 1.807) is 12.1 Å². The van der Waals surface area contributed by atoms with Gasteiger partial charge < -0.3 is 4.57 Å². The number of hydrogen-bond acceptors (Lipinski definition) is 1. The highest BCUT2D eigenvalue weighted by Gasteiger charge is 2.22. The van der Waals surface area contributed by atoms with E-state index in [0.717, 1.165) is 35.7 Å². The zero-order valence-corrected chi connectivity index (χ0v) is 11.1. The molecule has 0 spiro atoms. The van der Waals surface area contributed by atoms with Gasteiger partial charge >= 0.3 is 0 Å². The Bertz CT molecular complexity index is 572. The second-order valence-electron chi connectivity index (χ2n) is 5.10. The fraction of sp³-hybridized carbons (Fsp3) is 0.500. The highest BCUT2D eigenvalue weighted by atomic mass is 35.5. The van der Waals surface area contributed by atoms with Gasteiger partial charge in [-0.05, 0) is 37.5 Å². The summed E-state index contributed by atoms with van der Waals surface area (Å²) in [6.07, 6.45) is 3.79. The number of hydrogen-bond donors (Lipinski definition) is 0. The van der Waals surface area contributed by atoms with Crippen molar-refractivity contribution in [3.05, 3.63) is 29.8 Å². The van der Waals surface area contributed by atoms with Crippen molar-refractivity contribution in [2.45, 2.75) is 38.1 Å². The van der Waals surface area contributed by atoms with Crippen molar-refractivity contribution in [3.8, 4) is 0 Å². The lowest BCUT2D eigenvalue weighted by atomic mass is 10.2. The summed E-state index contributed by atoms with van der Waals surface area (Å²) >= 11 is 6.17. The molecule has 1 atom stereocenters. The van der Waals surface area contributed by atoms with Gasteiger partial charge in [0, 0.05) is 6.54 Å². The molecule has 3 rings (SSSR count). The van der Waals surface area contributed by atoms with E-state index in [1.807, 2.05) is 6.92 Å². The third kappa shape index (κ3) is 2.24. The molecule has 1 saturated carbocycles. The van der Waals surface area contributed by atoms with Crippen LogP contribution in [0.1, 0.15) is 37.4 Å². The Morgan fingerprint density at radius 2 is 2.28 bits per heavy atom. The Morgan fingerprint density at radius 3 is 2.94 bits per heavy atom. The van der Waals surface area contributed by atoms with E-state index in [1.165, 1.54) is 18.9 Å². The first-order chi connectivity index (χ1) is 8.65. The first-order valence-electron chi connectivity index (χ1n) is 6.45. The van der Waals surface area contributed by atoms with Crippen molar-refractivity contribution >= 4 is 22.6 Å². The van der Waals surface area contributed by atoms with Crippen LogP contribution in [0.3, 0.4) is 0 Å². The van der Waals surface area contributed by atoms with E-state index < -0.39 is 0 Å². The predicted molar refractivity (Wildman–Crippen MR) is 71.3 cm³/mol. The summed E-state index contributed by atoms with van der Waals surface area (Å²) in [5.74, 6) is 1.47. The summed E-state index contributed by atoms with van der Waals surface area (Å²) in [5.41, 5.74) is 1.69. The van der Waals surface area contributed by atoms with Gasteiger partial charge in [-0.3, -0.25) is 0 Å². The Balaban J connectivity index is 2.03. The second-order valence-corrected chi connectivity index (χ2v) is 5.76. The lowest BCUT2D eigenvalue weighted by molar-refractivity contribution is 0.583. The van der Waals surface area contributed by atoms with Gasteiger partial charge in [-0.1, -0.05) is 12.8 Å². The number of alkyl halides is 1. The molecule has 1 aromatic carbocycles. The van der Waals surface area contributed by atoms with Crippen LogP contribution in [0.15, 0.2) is 18.2 Å². The number of fused-ring (bicyclic) bond motifs is 1. The first-order valence-corrected chi connectivity index (χ1v) is 6.88. The summed E-state index contributed by atoms with van der Waals surface area (Å²) in [6.45, 7) is 2.80. The molecule has 0 amide bonds. The van der Waals surface area contributed by atoms with Crippen molar-refractivity contribution in [1.82, 2.24) is 9.55 Å². The number of aromatic nitrogens is 2. The van der Waals surface area contributed by atoms with Gasteiger partial charge in [-0.15, -0.1) is 11.6 Å². The largest absolute Gasteiger partial charge is 0.327 e. The maximum Gasteiger partial charge on any atom is 0.127 e. The van der Waals surface area contributed by atoms with Crippen LogP contribution >= 0.6 is 11.6 Å². The molecule has 18 heavy (non-hydrogen) atoms. The molecule has 1 heterocycles. The Kier molecular flexibility index (Phi) is 3.02. The lowest BCUT2D eigenvalue weighted by Crippen LogP contribution is -2.05. The van der Waals surface area contributed by atoms with Gasteiger partial charge in [-0.2, -0.15) is 0 Å². The molecule has 1 unspecified atom stereocenters. The quantitative estimate of drug-likeness (QED) is 0.756. The lowest BCUT2D eigenvalue weighted by Gasteiger charge is -2.10. The monoisotopic (exact) mass is 266 g/mol. The van der Waals surface area contributed by atoms with Crippen LogP contribution in [0.2, 0.25) is 0 Å². The van der Waals surface area contributed by atoms with E-state index in [9.17, 15) is 4.39 Å². The molecule has 0 N–H and O–H groups in total. The van der Waals surface area contributed by atoms with E-state index in [-0.39, 0.29) is 11.2 Å². The molecule has 2 nitrogen and oxygen atoms in total. The SMILES string of the molecule is CC(Cl)c1nc2ccc(F)cc2n1CCC1CC1. The predicted octanol–water partition coefficient (Wildman–Crippen LogP) is 4.28. The number of benzene rings is 1. The summed E-state index contributed by atoms with van der Waals surface area (Å²) in [6, 6.07) is 4.72. The molecule has 2 aromatic rings. The Labute approximate surface area is 111 Å². The third-order valence-electron chi connectivity index (χ3n) is 3.55. The van der Waals surface area contributed by atoms with Crippen molar-refractivity contribution in [3.63, 3.8) is 0 Å². The molecule has 0 saturated heterocycles. The minimum atomic E-state index is -0.219. The second kappa shape index (κ2) is 4.54. The average Bonchev–Trinajstić information content (AvgIpc) is 3.08. The third-order valence-corrected chi connectivity index (χ3v) is 3.75. The van der Waals surface area contributed by atoms with Crippen LogP contribution in [0.4, 0.5) is 4.39 Å². The summed E-state index contributed by atoms with van der Waals surface area (Å²) in [5, 5.41) is -0.153. The Morgan fingerprint density at radius 1 is 1.50 bits per heavy atom. The number of imidazole rings is 1. The van der Waals surface area contributed by atoms with Crippen LogP contribution in [0.25, 0.3) is 11.0 Å². The van der Waals surface area contributed by atoms with Crippen LogP contribution < -0.4 is 0 Å². The summed E-state index contributed by atoms with van der Waals surface area (Å²) < 4.78 is 15.4. The van der Waals surface area contributed by atoms with Gasteiger partial charge in [-0.25, -0.2) is 9.37 Å². The molecule has 1 fully saturated rings. The topological polar surface area (TPSA) is 17.8 Å². The molecule has 0 radical (unpaired) electrons. The molecule has 1 aliphatic rings. The van der Waals surface area contributed by atoms with Crippen LogP contribution in [0, 0.1) is 11.7 Å². The molecule has 1 aromatic heterocycles. The van der Waals surface area contributed by atoms with Gasteiger partial charge in [0.15, 0.2) is 0 Å². The normalized spacial score (nSPS) is 17.3. The van der Waals surface area contributed by atoms with E-state index >= 15 is 0 Å². The van der Waals surface area contributed by atoms with E-state index in [2.05, 4.69) is 9.55 Å². The highest BCUT2D eigenvalue weighted by molar-refractivity contribution is 6.20. The first kappa shape index (κ1) is 12.0. The number of nitrogens with zero attached hydrogens (tertiary/aromatic N) is 2. The summed E-state index contributed by atoms with van der Waals surface area (Å²) in [4.78, 5) is 4.52. The fourth-order valence-corrected chi connectivity index (χ4v) is 2.54. The minimum Gasteiger partial charge on any atom is -0.327 e. The van der Waals surface area contributed by atoms with Crippen LogP contribution in [-0.4, -0.2) is 9.55 Å². The van der Waals surface area contributed by atoms with E-state index in [4.69, 9.17) is 11.6 Å². The minimum absolute atomic E-state index is 0.153. The zero-order chi connectivity index (χ0) is 12.7. The standard InChI is InChI=1S/C14H16ClFN2/c1-9(15)14-17-12-5-4-11(16)8-13(12)18(14)7-6-10-2-3-10/h4-5,8-10H,2-3,6-7H2,1H3. The molecule has 0 aliphatic heterocycles. The summed E-state index contributed by atoms with van der Waals surface area (Å²) in [7, 11) is 0. The molecular formula is C14H16ClFN2. The number of rotatable bonds is 4. The van der Waals surface area contributed by atoms with Crippen LogP contribution in [0.5, 0.6) is 0 Å². The molecule has 96 valence electrons. The van der Waals surface area contributed by atoms with Gasteiger partial charge in [0.05, 0.1) is 16.4 Å². The smallest absolute Gasteiger partial charge is 0.127 e. The molecule has 4 heteroatoms. The number of aryl methyl sites for hydroxylation is 1. The van der Waals surface area contributed by atoms with E-state index in [0.29, 0.717) is 0 Å². The van der Waals surface area contributed by atoms with Gasteiger partial charge in [0.1, 0.15) is 11.6 Å². The average molecular weight is 267 g/mol. The number of halogens is 2. The van der Waals surface area contributed by atoms with Crippen molar-refractivity contribution in [2.24, 2.45) is 5.92 Å². The van der Waals surface area contributed by atoms with Crippen molar-refractivity contribution in [1.29, 1.82) is 0 Å². The molecule has 1 aliphatic carbocycles. The maximum atomic E-state index is 13.4. The molecular weight excluding hydrogens is 251 g/mol. The van der Waals surface area contributed by atoms with Gasteiger partial charge in [0.2, 0.25) is 0 Å². The van der Waals surface area contributed by atoms with Gasteiger partial charge in [0.25, 0.3) is 0 Å². The Hall–Kier alpha value is -1.09. The molecule has 0 bridgehead atoms. The van der Waals surface area contributed by atoms with Crippen molar-refractivity contribution in [2.75, 3.05) is 0 Å². The van der Waals surface area contributed by atoms with Crippen molar-refractivity contribution < 1.29 is 4.39 Å². The fourth-order valence-electron chi connectivity index (χ4n) is 2.37. The zero-order valence-electron chi connectivity index (χ0n) is 10.4.